The van der Waals surface area contributed by atoms with Crippen molar-refractivity contribution in [3.63, 3.8) is 0 Å². The van der Waals surface area contributed by atoms with Crippen LogP contribution in [0.5, 0.6) is 0 Å². The molecule has 42 heavy (non-hydrogen) atoms. The smallest absolute Gasteiger partial charge is 0.426 e. The predicted octanol–water partition coefficient (Wildman–Crippen LogP) is 0.125. The maximum absolute atomic E-state index is 13.3. The highest BCUT2D eigenvalue weighted by atomic mass is 16.4. The predicted molar refractivity (Wildman–Crippen MR) is 158 cm³/mol. The van der Waals surface area contributed by atoms with Gasteiger partial charge in [0.15, 0.2) is 0 Å². The second kappa shape index (κ2) is 18.7. The van der Waals surface area contributed by atoms with Gasteiger partial charge in [-0.3, -0.25) is 19.2 Å². The summed E-state index contributed by atoms with van der Waals surface area (Å²) in [5.41, 5.74) is 0.759. The quantitative estimate of drug-likeness (QED) is 0.0578. The van der Waals surface area contributed by atoms with Gasteiger partial charge in [0.05, 0.1) is 12.0 Å². The molecular weight excluding hydrogens is 541 g/mol. The molecule has 0 aromatic heterocycles. The third kappa shape index (κ3) is 13.3. The molecule has 0 heterocycles. The number of carbonyl (C=O) groups is 4. The van der Waals surface area contributed by atoms with E-state index >= 15 is 0 Å². The SMILES string of the molecule is CC(C)/C=C(\C#N)C(=O)NCCCC[C@H](NC(=O)[C@@H](NC(=O)C(C)C)[C@@H](C)O)C(=O)NC(Cc1ccccc1)B(O)O. The van der Waals surface area contributed by atoms with E-state index in [1.807, 2.05) is 19.9 Å². The van der Waals surface area contributed by atoms with Crippen molar-refractivity contribution in [2.24, 2.45) is 11.8 Å². The topological polar surface area (TPSA) is 201 Å². The lowest BCUT2D eigenvalue weighted by Gasteiger charge is -2.27. The van der Waals surface area contributed by atoms with Crippen LogP contribution in [0, 0.1) is 23.2 Å². The van der Waals surface area contributed by atoms with E-state index in [1.54, 1.807) is 50.3 Å². The van der Waals surface area contributed by atoms with Gasteiger partial charge in [-0.15, -0.1) is 0 Å². The van der Waals surface area contributed by atoms with Crippen LogP contribution in [-0.2, 0) is 25.6 Å². The van der Waals surface area contributed by atoms with Gasteiger partial charge in [-0.1, -0.05) is 64.1 Å². The molecule has 4 atom stereocenters. The summed E-state index contributed by atoms with van der Waals surface area (Å²) in [4.78, 5) is 50.8. The Bertz CT molecular complexity index is 1100. The Balaban J connectivity index is 2.99. The van der Waals surface area contributed by atoms with Gasteiger partial charge in [-0.05, 0) is 44.1 Å². The Hall–Kier alpha value is -3.73. The fourth-order valence-electron chi connectivity index (χ4n) is 3.91. The number of benzene rings is 1. The second-order valence-corrected chi connectivity index (χ2v) is 10.8. The van der Waals surface area contributed by atoms with Crippen molar-refractivity contribution < 1.29 is 34.3 Å². The zero-order valence-electron chi connectivity index (χ0n) is 25.0. The van der Waals surface area contributed by atoms with Crippen molar-refractivity contribution in [2.45, 2.75) is 84.4 Å². The van der Waals surface area contributed by atoms with Crippen LogP contribution in [0.15, 0.2) is 42.0 Å². The van der Waals surface area contributed by atoms with Gasteiger partial charge in [0.1, 0.15) is 23.7 Å². The Morgan fingerprint density at radius 3 is 2.10 bits per heavy atom. The van der Waals surface area contributed by atoms with Crippen LogP contribution in [0.3, 0.4) is 0 Å². The van der Waals surface area contributed by atoms with Gasteiger partial charge in [0.25, 0.3) is 5.91 Å². The molecule has 0 saturated carbocycles. The number of carbonyl (C=O) groups excluding carboxylic acids is 4. The minimum absolute atomic E-state index is 0.00847. The van der Waals surface area contributed by atoms with Gasteiger partial charge in [-0.25, -0.2) is 0 Å². The van der Waals surface area contributed by atoms with Gasteiger partial charge in [0, 0.05) is 12.5 Å². The highest BCUT2D eigenvalue weighted by Crippen LogP contribution is 2.09. The molecule has 1 unspecified atom stereocenters. The molecule has 0 radical (unpaired) electrons. The number of allylic oxidation sites excluding steroid dienone is 1. The molecule has 0 spiro atoms. The zero-order valence-corrected chi connectivity index (χ0v) is 25.0. The van der Waals surface area contributed by atoms with Crippen LogP contribution in [0.25, 0.3) is 0 Å². The average molecular weight is 586 g/mol. The van der Waals surface area contributed by atoms with E-state index in [4.69, 9.17) is 0 Å². The van der Waals surface area contributed by atoms with Crippen molar-refractivity contribution in [2.75, 3.05) is 6.54 Å². The standard InChI is InChI=1S/C29H44BN5O7/c1-18(2)15-22(17-31)27(38)32-14-10-9-13-23(33-29(40)25(20(5)36)35-26(37)19(3)4)28(39)34-24(30(41)42)16-21-11-7-6-8-12-21/h6-8,11-12,15,18-20,23-25,36,41-42H,9-10,13-14,16H2,1-5H3,(H,32,38)(H,33,40)(H,34,39)(H,35,37)/b22-15+/t20-,23+,24?,25+/m1/s1. The Morgan fingerprint density at radius 1 is 0.929 bits per heavy atom. The minimum Gasteiger partial charge on any atom is -0.426 e. The van der Waals surface area contributed by atoms with Crippen molar-refractivity contribution >= 4 is 30.7 Å². The van der Waals surface area contributed by atoms with Crippen LogP contribution in [0.2, 0.25) is 0 Å². The third-order valence-corrected chi connectivity index (χ3v) is 6.28. The first-order valence-corrected chi connectivity index (χ1v) is 14.2. The molecule has 7 N–H and O–H groups in total. The van der Waals surface area contributed by atoms with Crippen LogP contribution >= 0.6 is 0 Å². The van der Waals surface area contributed by atoms with Gasteiger partial charge in [-0.2, -0.15) is 5.26 Å². The highest BCUT2D eigenvalue weighted by molar-refractivity contribution is 6.43. The molecule has 1 rings (SSSR count). The number of amides is 4. The van der Waals surface area contributed by atoms with Crippen LogP contribution in [-0.4, -0.2) is 76.6 Å². The van der Waals surface area contributed by atoms with E-state index in [0.717, 1.165) is 5.56 Å². The maximum atomic E-state index is 13.3. The molecule has 0 aliphatic heterocycles. The molecule has 4 amide bonds. The largest absolute Gasteiger partial charge is 0.475 e. The lowest BCUT2D eigenvalue weighted by atomic mass is 9.75. The lowest BCUT2D eigenvalue weighted by Crippen LogP contribution is -2.59. The Morgan fingerprint density at radius 2 is 1.57 bits per heavy atom. The molecule has 1 aromatic rings. The molecular formula is C29H44BN5O7. The number of aliphatic hydroxyl groups excluding tert-OH is 1. The fourth-order valence-corrected chi connectivity index (χ4v) is 3.91. The summed E-state index contributed by atoms with van der Waals surface area (Å²) in [6.45, 7) is 8.51. The van der Waals surface area contributed by atoms with E-state index in [0.29, 0.717) is 12.8 Å². The molecule has 12 nitrogen and oxygen atoms in total. The molecule has 0 aliphatic carbocycles. The molecule has 0 fully saturated rings. The van der Waals surface area contributed by atoms with Crippen molar-refractivity contribution in [1.29, 1.82) is 5.26 Å². The van der Waals surface area contributed by atoms with E-state index < -0.39 is 60.8 Å². The summed E-state index contributed by atoms with van der Waals surface area (Å²) in [6.07, 6.45) is 1.28. The number of aliphatic hydroxyl groups is 1. The molecule has 13 heteroatoms. The average Bonchev–Trinajstić information content (AvgIpc) is 2.92. The highest BCUT2D eigenvalue weighted by Gasteiger charge is 2.33. The number of hydrogen-bond acceptors (Lipinski definition) is 8. The molecule has 0 aliphatic rings. The van der Waals surface area contributed by atoms with E-state index in [9.17, 15) is 39.6 Å². The van der Waals surface area contributed by atoms with Gasteiger partial charge in [0.2, 0.25) is 17.7 Å². The second-order valence-electron chi connectivity index (χ2n) is 10.8. The fraction of sp³-hybridized carbons (Fsp3) is 0.552. The normalized spacial score (nSPS) is 14.3. The molecule has 230 valence electrons. The first-order chi connectivity index (χ1) is 19.8. The van der Waals surface area contributed by atoms with Gasteiger partial charge >= 0.3 is 7.12 Å². The van der Waals surface area contributed by atoms with Crippen LogP contribution in [0.4, 0.5) is 0 Å². The molecule has 0 saturated heterocycles. The minimum atomic E-state index is -1.88. The molecule has 1 aromatic carbocycles. The number of nitriles is 1. The number of rotatable bonds is 17. The number of nitrogens with zero attached hydrogens (tertiary/aromatic N) is 1. The van der Waals surface area contributed by atoms with Crippen molar-refractivity contribution in [1.82, 2.24) is 21.3 Å². The van der Waals surface area contributed by atoms with Gasteiger partial charge < -0.3 is 36.4 Å². The van der Waals surface area contributed by atoms with Crippen LogP contribution in [0.1, 0.15) is 59.4 Å². The first-order valence-electron chi connectivity index (χ1n) is 14.2. The summed E-state index contributed by atoms with van der Waals surface area (Å²) in [6, 6.07) is 8.29. The number of unbranched alkanes of at least 4 members (excludes halogenated alkanes) is 1. The monoisotopic (exact) mass is 585 g/mol. The van der Waals surface area contributed by atoms with E-state index in [-0.39, 0.29) is 30.9 Å². The number of hydrogen-bond donors (Lipinski definition) is 7. The summed E-state index contributed by atoms with van der Waals surface area (Å²) in [5.74, 6) is -3.94. The van der Waals surface area contributed by atoms with E-state index in [1.165, 1.54) is 6.92 Å². The van der Waals surface area contributed by atoms with Crippen molar-refractivity contribution in [3.8, 4) is 6.07 Å². The van der Waals surface area contributed by atoms with Crippen molar-refractivity contribution in [3.05, 3.63) is 47.5 Å². The number of nitrogens with one attached hydrogen (secondary N) is 4. The summed E-state index contributed by atoms with van der Waals surface area (Å²) >= 11 is 0. The zero-order chi connectivity index (χ0) is 31.8. The molecule has 0 bridgehead atoms. The Labute approximate surface area is 248 Å². The van der Waals surface area contributed by atoms with E-state index in [2.05, 4.69) is 21.3 Å². The summed E-state index contributed by atoms with van der Waals surface area (Å²) < 4.78 is 0. The maximum Gasteiger partial charge on any atom is 0.475 e. The Kier molecular flexibility index (Phi) is 16.1. The van der Waals surface area contributed by atoms with Crippen LogP contribution < -0.4 is 21.3 Å². The lowest BCUT2D eigenvalue weighted by molar-refractivity contribution is -0.135. The first kappa shape index (κ1) is 36.3. The summed E-state index contributed by atoms with van der Waals surface area (Å²) in [7, 11) is -1.88. The third-order valence-electron chi connectivity index (χ3n) is 6.28. The summed E-state index contributed by atoms with van der Waals surface area (Å²) in [5, 5.41) is 49.5.